The molecule has 0 fully saturated rings. The van der Waals surface area contributed by atoms with Crippen LogP contribution >= 0.6 is 0 Å². The van der Waals surface area contributed by atoms with E-state index in [9.17, 15) is 4.79 Å². The smallest absolute Gasteiger partial charge is 0.309 e. The van der Waals surface area contributed by atoms with Gasteiger partial charge < -0.3 is 21.0 Å². The van der Waals surface area contributed by atoms with Crippen LogP contribution in [0.4, 0.5) is 4.79 Å². The topological polar surface area (TPSA) is 112 Å². The van der Waals surface area contributed by atoms with Crippen molar-refractivity contribution >= 4 is 18.8 Å². The monoisotopic (exact) mass is 178 g/mol. The summed E-state index contributed by atoms with van der Waals surface area (Å²) in [6.07, 6.45) is 0. The first-order valence-corrected chi connectivity index (χ1v) is 2.97. The molecule has 6 heteroatoms. The third-order valence-electron chi connectivity index (χ3n) is 0.348. The van der Waals surface area contributed by atoms with Crippen molar-refractivity contribution < 1.29 is 19.1 Å². The average Bonchev–Trinajstić information content (AvgIpc) is 1.90. The molecule has 0 radical (unpaired) electrons. The summed E-state index contributed by atoms with van der Waals surface area (Å²) < 4.78 is 4.40. The van der Waals surface area contributed by atoms with Gasteiger partial charge in [0.25, 0.3) is 0 Å². The van der Waals surface area contributed by atoms with E-state index in [4.69, 9.17) is 9.59 Å². The standard InChI is InChI=1S/C4H8O2.CH4N2O.CH2O/c1-3-6-4(2)5;2-1(3)4;1-2/h3H2,1-2H3;(H4,2,3,4);1H2. The van der Waals surface area contributed by atoms with Crippen LogP contribution in [0.1, 0.15) is 13.8 Å². The van der Waals surface area contributed by atoms with Gasteiger partial charge in [-0.1, -0.05) is 0 Å². The van der Waals surface area contributed by atoms with Gasteiger partial charge in [0.1, 0.15) is 6.79 Å². The highest BCUT2D eigenvalue weighted by atomic mass is 16.5. The molecule has 72 valence electrons. The maximum Gasteiger partial charge on any atom is 0.309 e. The number of hydrogen-bond donors (Lipinski definition) is 2. The van der Waals surface area contributed by atoms with E-state index < -0.39 is 6.03 Å². The van der Waals surface area contributed by atoms with E-state index >= 15 is 0 Å². The van der Waals surface area contributed by atoms with Crippen LogP contribution in [-0.4, -0.2) is 25.4 Å². The normalized spacial score (nSPS) is 6.17. The number of hydrogen-bond acceptors (Lipinski definition) is 4. The summed E-state index contributed by atoms with van der Waals surface area (Å²) in [7, 11) is 0. The fourth-order valence-electron chi connectivity index (χ4n) is 0.203. The first-order valence-electron chi connectivity index (χ1n) is 2.97. The van der Waals surface area contributed by atoms with Crippen molar-refractivity contribution in [1.82, 2.24) is 0 Å². The minimum Gasteiger partial charge on any atom is -0.466 e. The van der Waals surface area contributed by atoms with Gasteiger partial charge >= 0.3 is 12.0 Å². The van der Waals surface area contributed by atoms with Gasteiger partial charge in [0.15, 0.2) is 0 Å². The molecule has 12 heavy (non-hydrogen) atoms. The van der Waals surface area contributed by atoms with Crippen LogP contribution in [0.5, 0.6) is 0 Å². The minimum atomic E-state index is -0.833. The van der Waals surface area contributed by atoms with E-state index in [1.165, 1.54) is 6.92 Å². The van der Waals surface area contributed by atoms with Crippen molar-refractivity contribution in [3.05, 3.63) is 0 Å². The Bertz CT molecular complexity index is 123. The van der Waals surface area contributed by atoms with Gasteiger partial charge in [0, 0.05) is 6.92 Å². The van der Waals surface area contributed by atoms with E-state index in [0.29, 0.717) is 6.61 Å². The first kappa shape index (κ1) is 16.8. The maximum absolute atomic E-state index is 9.82. The zero-order chi connectivity index (χ0) is 10.6. The lowest BCUT2D eigenvalue weighted by molar-refractivity contribution is -0.140. The molecule has 0 aliphatic carbocycles. The predicted molar refractivity (Wildman–Crippen MR) is 43.2 cm³/mol. The minimum absolute atomic E-state index is 0.211. The molecule has 0 heterocycles. The molecule has 0 bridgehead atoms. The van der Waals surface area contributed by atoms with Gasteiger partial charge in [-0.2, -0.15) is 0 Å². The highest BCUT2D eigenvalue weighted by molar-refractivity contribution is 5.69. The van der Waals surface area contributed by atoms with Gasteiger partial charge in [0.05, 0.1) is 6.61 Å². The number of amides is 2. The maximum atomic E-state index is 9.82. The second-order valence-electron chi connectivity index (χ2n) is 1.33. The highest BCUT2D eigenvalue weighted by Crippen LogP contribution is 1.69. The predicted octanol–water partition coefficient (Wildman–Crippen LogP) is -0.592. The molecule has 2 amide bonds. The quantitative estimate of drug-likeness (QED) is 0.522. The molecular formula is C6H14N2O4. The van der Waals surface area contributed by atoms with Gasteiger partial charge in [-0.05, 0) is 6.92 Å². The van der Waals surface area contributed by atoms with E-state index in [1.54, 1.807) is 6.92 Å². The Balaban J connectivity index is -0.000000118. The van der Waals surface area contributed by atoms with Gasteiger partial charge in [-0.3, -0.25) is 4.79 Å². The Hall–Kier alpha value is -1.59. The number of carbonyl (C=O) groups is 3. The molecule has 0 spiro atoms. The Kier molecular flexibility index (Phi) is 22.7. The molecule has 0 aromatic heterocycles. The molecule has 0 saturated carbocycles. The number of primary amides is 2. The Morgan fingerprint density at radius 2 is 1.58 bits per heavy atom. The number of rotatable bonds is 1. The Labute approximate surface area is 70.9 Å². The molecule has 0 saturated heterocycles. The lowest BCUT2D eigenvalue weighted by Gasteiger charge is -1.89. The summed E-state index contributed by atoms with van der Waals surface area (Å²) in [5.74, 6) is -0.211. The molecule has 0 aromatic carbocycles. The summed E-state index contributed by atoms with van der Waals surface area (Å²) in [6.45, 7) is 5.65. The molecular weight excluding hydrogens is 164 g/mol. The molecule has 6 nitrogen and oxygen atoms in total. The molecule has 0 unspecified atom stereocenters. The van der Waals surface area contributed by atoms with Gasteiger partial charge in [-0.25, -0.2) is 4.79 Å². The number of urea groups is 1. The molecule has 0 rings (SSSR count). The first-order chi connectivity index (χ1) is 5.50. The molecule has 0 aliphatic heterocycles. The van der Waals surface area contributed by atoms with E-state index in [2.05, 4.69) is 16.2 Å². The second-order valence-corrected chi connectivity index (χ2v) is 1.33. The number of ether oxygens (including phenoxy) is 1. The fourth-order valence-corrected chi connectivity index (χ4v) is 0.203. The average molecular weight is 178 g/mol. The number of carbonyl (C=O) groups excluding carboxylic acids is 3. The molecule has 0 aromatic rings. The Morgan fingerprint density at radius 1 is 1.33 bits per heavy atom. The SMILES string of the molecule is C=O.CCOC(C)=O.NC(N)=O. The van der Waals surface area contributed by atoms with Crippen molar-refractivity contribution in [3.63, 3.8) is 0 Å². The van der Waals surface area contributed by atoms with Crippen LogP contribution in [-0.2, 0) is 14.3 Å². The third-order valence-corrected chi connectivity index (χ3v) is 0.348. The molecule has 4 N–H and O–H groups in total. The summed E-state index contributed by atoms with van der Waals surface area (Å²) in [5, 5.41) is 0. The van der Waals surface area contributed by atoms with Gasteiger partial charge in [0.2, 0.25) is 0 Å². The highest BCUT2D eigenvalue weighted by Gasteiger charge is 1.81. The van der Waals surface area contributed by atoms with Crippen molar-refractivity contribution in [2.24, 2.45) is 11.5 Å². The van der Waals surface area contributed by atoms with E-state index in [1.807, 2.05) is 6.79 Å². The molecule has 0 atom stereocenters. The van der Waals surface area contributed by atoms with Crippen LogP contribution < -0.4 is 11.5 Å². The summed E-state index contributed by atoms with van der Waals surface area (Å²) >= 11 is 0. The van der Waals surface area contributed by atoms with Crippen molar-refractivity contribution in [2.45, 2.75) is 13.8 Å². The number of nitrogens with two attached hydrogens (primary N) is 2. The summed E-state index contributed by atoms with van der Waals surface area (Å²) in [6, 6.07) is -0.833. The largest absolute Gasteiger partial charge is 0.466 e. The van der Waals surface area contributed by atoms with E-state index in [-0.39, 0.29) is 5.97 Å². The van der Waals surface area contributed by atoms with Crippen LogP contribution in [0, 0.1) is 0 Å². The van der Waals surface area contributed by atoms with Crippen LogP contribution in [0.15, 0.2) is 0 Å². The van der Waals surface area contributed by atoms with Crippen LogP contribution in [0.3, 0.4) is 0 Å². The lowest BCUT2D eigenvalue weighted by Crippen LogP contribution is -2.18. The summed E-state index contributed by atoms with van der Waals surface area (Å²) in [4.78, 5) is 26.8. The van der Waals surface area contributed by atoms with E-state index in [0.717, 1.165) is 0 Å². The number of esters is 1. The van der Waals surface area contributed by atoms with Crippen LogP contribution in [0.25, 0.3) is 0 Å². The van der Waals surface area contributed by atoms with Crippen molar-refractivity contribution in [1.29, 1.82) is 0 Å². The Morgan fingerprint density at radius 3 is 1.58 bits per heavy atom. The van der Waals surface area contributed by atoms with Gasteiger partial charge in [-0.15, -0.1) is 0 Å². The fraction of sp³-hybridized carbons (Fsp3) is 0.500. The van der Waals surface area contributed by atoms with Crippen molar-refractivity contribution in [2.75, 3.05) is 6.61 Å². The zero-order valence-corrected chi connectivity index (χ0v) is 7.20. The molecule has 0 aliphatic rings. The third kappa shape index (κ3) is 232. The summed E-state index contributed by atoms with van der Waals surface area (Å²) in [5.41, 5.74) is 8.50. The zero-order valence-electron chi connectivity index (χ0n) is 7.20. The second kappa shape index (κ2) is 16.2. The van der Waals surface area contributed by atoms with Crippen molar-refractivity contribution in [3.8, 4) is 0 Å². The lowest BCUT2D eigenvalue weighted by atomic mass is 10.8. The van der Waals surface area contributed by atoms with Crippen LogP contribution in [0.2, 0.25) is 0 Å².